The Morgan fingerprint density at radius 1 is 1.42 bits per heavy atom. The van der Waals surface area contributed by atoms with Crippen LogP contribution in [0, 0.1) is 6.92 Å². The van der Waals surface area contributed by atoms with Crippen molar-refractivity contribution in [3.05, 3.63) is 35.7 Å². The fraction of sp³-hybridized carbons (Fsp3) is 0.231. The summed E-state index contributed by atoms with van der Waals surface area (Å²) in [7, 11) is 1.71. The van der Waals surface area contributed by atoms with Gasteiger partial charge in [-0.1, -0.05) is 12.1 Å². The fourth-order valence-corrected chi connectivity index (χ4v) is 2.43. The SMILES string of the molecule is CSc1ccccc1NC(=O)c1c(N)c(C)nn1C. The monoisotopic (exact) mass is 276 g/mol. The van der Waals surface area contributed by atoms with Crippen molar-refractivity contribution in [2.45, 2.75) is 11.8 Å². The lowest BCUT2D eigenvalue weighted by atomic mass is 10.2. The number of amides is 1. The van der Waals surface area contributed by atoms with E-state index in [2.05, 4.69) is 10.4 Å². The molecule has 1 aromatic heterocycles. The number of carbonyl (C=O) groups excluding carboxylic acids is 1. The highest BCUT2D eigenvalue weighted by Crippen LogP contribution is 2.26. The van der Waals surface area contributed by atoms with E-state index in [9.17, 15) is 4.79 Å². The number of nitrogens with zero attached hydrogens (tertiary/aromatic N) is 2. The molecule has 0 bridgehead atoms. The van der Waals surface area contributed by atoms with E-state index in [-0.39, 0.29) is 5.91 Å². The highest BCUT2D eigenvalue weighted by Gasteiger charge is 2.18. The quantitative estimate of drug-likeness (QED) is 0.844. The van der Waals surface area contributed by atoms with Gasteiger partial charge in [0.2, 0.25) is 0 Å². The zero-order valence-corrected chi connectivity index (χ0v) is 11.9. The Kier molecular flexibility index (Phi) is 3.80. The number of anilines is 2. The number of thioether (sulfide) groups is 1. The van der Waals surface area contributed by atoms with Gasteiger partial charge in [0, 0.05) is 11.9 Å². The van der Waals surface area contributed by atoms with Crippen LogP contribution >= 0.6 is 11.8 Å². The van der Waals surface area contributed by atoms with Gasteiger partial charge in [-0.15, -0.1) is 11.8 Å². The predicted molar refractivity (Wildman–Crippen MR) is 78.5 cm³/mol. The molecule has 2 aromatic rings. The first kappa shape index (κ1) is 13.5. The molecule has 0 unspecified atom stereocenters. The van der Waals surface area contributed by atoms with Crippen molar-refractivity contribution in [3.63, 3.8) is 0 Å². The van der Waals surface area contributed by atoms with E-state index in [0.29, 0.717) is 17.1 Å². The van der Waals surface area contributed by atoms with Gasteiger partial charge in [0.15, 0.2) is 0 Å². The van der Waals surface area contributed by atoms with Gasteiger partial charge in [0.25, 0.3) is 5.91 Å². The van der Waals surface area contributed by atoms with Gasteiger partial charge in [-0.05, 0) is 25.3 Å². The van der Waals surface area contributed by atoms with E-state index < -0.39 is 0 Å². The Labute approximate surface area is 116 Å². The molecule has 1 amide bonds. The molecule has 0 aliphatic carbocycles. The fourth-order valence-electron chi connectivity index (χ4n) is 1.87. The van der Waals surface area contributed by atoms with Crippen LogP contribution in [0.1, 0.15) is 16.2 Å². The summed E-state index contributed by atoms with van der Waals surface area (Å²) in [4.78, 5) is 13.3. The highest BCUT2D eigenvalue weighted by molar-refractivity contribution is 7.98. The van der Waals surface area contributed by atoms with Crippen molar-refractivity contribution in [1.29, 1.82) is 0 Å². The van der Waals surface area contributed by atoms with Gasteiger partial charge in [0.05, 0.1) is 17.1 Å². The molecule has 2 rings (SSSR count). The summed E-state index contributed by atoms with van der Waals surface area (Å²) in [6, 6.07) is 7.64. The van der Waals surface area contributed by atoms with Crippen LogP contribution in [-0.4, -0.2) is 21.9 Å². The van der Waals surface area contributed by atoms with Crippen LogP contribution in [0.2, 0.25) is 0 Å². The number of nitrogens with two attached hydrogens (primary N) is 1. The van der Waals surface area contributed by atoms with Crippen LogP contribution in [0.15, 0.2) is 29.2 Å². The Morgan fingerprint density at radius 3 is 2.68 bits per heavy atom. The topological polar surface area (TPSA) is 72.9 Å². The maximum Gasteiger partial charge on any atom is 0.276 e. The molecule has 0 saturated carbocycles. The number of hydrogen-bond acceptors (Lipinski definition) is 4. The van der Waals surface area contributed by atoms with Crippen molar-refractivity contribution in [2.24, 2.45) is 7.05 Å². The molecule has 100 valence electrons. The van der Waals surface area contributed by atoms with Crippen LogP contribution in [0.3, 0.4) is 0 Å². The molecule has 0 radical (unpaired) electrons. The number of rotatable bonds is 3. The first-order chi connectivity index (χ1) is 9.04. The number of nitrogens with one attached hydrogen (secondary N) is 1. The van der Waals surface area contributed by atoms with Crippen molar-refractivity contribution >= 4 is 29.0 Å². The molecule has 3 N–H and O–H groups in total. The molecule has 0 saturated heterocycles. The van der Waals surface area contributed by atoms with Crippen molar-refractivity contribution in [1.82, 2.24) is 9.78 Å². The van der Waals surface area contributed by atoms with E-state index in [4.69, 9.17) is 5.73 Å². The Hall–Kier alpha value is -1.95. The summed E-state index contributed by atoms with van der Waals surface area (Å²) in [6.07, 6.45) is 1.97. The Morgan fingerprint density at radius 2 is 2.11 bits per heavy atom. The molecule has 0 aliphatic heterocycles. The lowest BCUT2D eigenvalue weighted by Crippen LogP contribution is -2.18. The van der Waals surface area contributed by atoms with Crippen LogP contribution in [-0.2, 0) is 7.05 Å². The van der Waals surface area contributed by atoms with Gasteiger partial charge in [-0.2, -0.15) is 5.10 Å². The van der Waals surface area contributed by atoms with Gasteiger partial charge in [-0.3, -0.25) is 9.48 Å². The largest absolute Gasteiger partial charge is 0.395 e. The van der Waals surface area contributed by atoms with Crippen LogP contribution < -0.4 is 11.1 Å². The standard InChI is InChI=1S/C13H16N4OS/c1-8-11(14)12(17(2)16-8)13(18)15-9-6-4-5-7-10(9)19-3/h4-7H,14H2,1-3H3,(H,15,18). The third-order valence-corrected chi connectivity index (χ3v) is 3.63. The maximum atomic E-state index is 12.3. The maximum absolute atomic E-state index is 12.3. The van der Waals surface area contributed by atoms with E-state index in [1.807, 2.05) is 30.5 Å². The minimum atomic E-state index is -0.248. The van der Waals surface area contributed by atoms with Crippen LogP contribution in [0.25, 0.3) is 0 Å². The van der Waals surface area contributed by atoms with Gasteiger partial charge >= 0.3 is 0 Å². The molecular weight excluding hydrogens is 260 g/mol. The summed E-state index contributed by atoms with van der Waals surface area (Å²) in [5.41, 5.74) is 8.11. The van der Waals surface area contributed by atoms with E-state index in [0.717, 1.165) is 10.6 Å². The number of benzene rings is 1. The average Bonchev–Trinajstić information content (AvgIpc) is 2.64. The Bertz CT molecular complexity index is 621. The third-order valence-electron chi connectivity index (χ3n) is 2.84. The number of nitrogen functional groups attached to an aromatic ring is 1. The molecule has 5 nitrogen and oxygen atoms in total. The van der Waals surface area contributed by atoms with Crippen molar-refractivity contribution in [2.75, 3.05) is 17.3 Å². The van der Waals surface area contributed by atoms with Crippen LogP contribution in [0.5, 0.6) is 0 Å². The Balaban J connectivity index is 2.31. The van der Waals surface area contributed by atoms with Crippen molar-refractivity contribution < 1.29 is 4.79 Å². The minimum Gasteiger partial charge on any atom is -0.395 e. The zero-order chi connectivity index (χ0) is 14.0. The van der Waals surface area contributed by atoms with E-state index in [1.165, 1.54) is 4.68 Å². The number of hydrogen-bond donors (Lipinski definition) is 2. The van der Waals surface area contributed by atoms with Crippen molar-refractivity contribution in [3.8, 4) is 0 Å². The lowest BCUT2D eigenvalue weighted by molar-refractivity contribution is 0.101. The summed E-state index contributed by atoms with van der Waals surface area (Å²) >= 11 is 1.58. The number of para-hydroxylation sites is 1. The van der Waals surface area contributed by atoms with Crippen LogP contribution in [0.4, 0.5) is 11.4 Å². The van der Waals surface area contributed by atoms with Gasteiger partial charge in [0.1, 0.15) is 5.69 Å². The molecule has 19 heavy (non-hydrogen) atoms. The summed E-state index contributed by atoms with van der Waals surface area (Å²) < 4.78 is 1.50. The molecule has 1 aromatic carbocycles. The minimum absolute atomic E-state index is 0.248. The van der Waals surface area contributed by atoms with Gasteiger partial charge < -0.3 is 11.1 Å². The molecule has 0 spiro atoms. The molecule has 0 atom stereocenters. The molecule has 0 fully saturated rings. The molecule has 0 aliphatic rings. The first-order valence-corrected chi connectivity index (χ1v) is 7.00. The zero-order valence-electron chi connectivity index (χ0n) is 11.1. The van der Waals surface area contributed by atoms with Gasteiger partial charge in [-0.25, -0.2) is 0 Å². The summed E-state index contributed by atoms with van der Waals surface area (Å²) in [5.74, 6) is -0.248. The third kappa shape index (κ3) is 2.58. The van der Waals surface area contributed by atoms with E-state index in [1.54, 1.807) is 25.7 Å². The normalized spacial score (nSPS) is 10.5. The average molecular weight is 276 g/mol. The second kappa shape index (κ2) is 5.36. The predicted octanol–water partition coefficient (Wildman–Crippen LogP) is 2.28. The summed E-state index contributed by atoms with van der Waals surface area (Å²) in [5, 5.41) is 7.01. The molecular formula is C13H16N4OS. The highest BCUT2D eigenvalue weighted by atomic mass is 32.2. The first-order valence-electron chi connectivity index (χ1n) is 5.78. The number of aryl methyl sites for hydroxylation is 2. The second-order valence-electron chi connectivity index (χ2n) is 4.13. The summed E-state index contributed by atoms with van der Waals surface area (Å²) in [6.45, 7) is 1.78. The number of aromatic nitrogens is 2. The number of carbonyl (C=O) groups is 1. The molecule has 1 heterocycles. The molecule has 6 heteroatoms. The lowest BCUT2D eigenvalue weighted by Gasteiger charge is -2.09. The second-order valence-corrected chi connectivity index (χ2v) is 4.97. The van der Waals surface area contributed by atoms with E-state index >= 15 is 0 Å². The smallest absolute Gasteiger partial charge is 0.276 e.